The molecule has 3 rings (SSSR count). The van der Waals surface area contributed by atoms with Gasteiger partial charge in [0.1, 0.15) is 5.82 Å². The van der Waals surface area contributed by atoms with E-state index in [1.807, 2.05) is 0 Å². The Labute approximate surface area is 117 Å². The average molecular weight is 272 g/mol. The van der Waals surface area contributed by atoms with Crippen LogP contribution in [0.1, 0.15) is 12.8 Å². The van der Waals surface area contributed by atoms with Crippen molar-refractivity contribution in [3.8, 4) is 11.1 Å². The lowest BCUT2D eigenvalue weighted by atomic mass is 10.1. The van der Waals surface area contributed by atoms with Crippen molar-refractivity contribution in [1.82, 2.24) is 9.97 Å². The minimum absolute atomic E-state index is 0.257. The van der Waals surface area contributed by atoms with Crippen molar-refractivity contribution in [3.05, 3.63) is 42.5 Å². The van der Waals surface area contributed by atoms with Crippen LogP contribution in [0, 0.1) is 5.82 Å². The molecule has 0 amide bonds. The first kappa shape index (κ1) is 13.0. The number of anilines is 1. The van der Waals surface area contributed by atoms with Gasteiger partial charge in [0.2, 0.25) is 5.95 Å². The summed E-state index contributed by atoms with van der Waals surface area (Å²) in [5, 5.41) is 0. The van der Waals surface area contributed by atoms with Crippen LogP contribution < -0.4 is 10.6 Å². The molecule has 1 fully saturated rings. The van der Waals surface area contributed by atoms with Gasteiger partial charge in [0.25, 0.3) is 0 Å². The molecule has 4 nitrogen and oxygen atoms in total. The molecular formula is C15H17FN4. The van der Waals surface area contributed by atoms with Gasteiger partial charge in [-0.05, 0) is 18.9 Å². The molecule has 0 bridgehead atoms. The van der Waals surface area contributed by atoms with Crippen molar-refractivity contribution in [2.75, 3.05) is 18.0 Å². The smallest absolute Gasteiger partial charge is 0.225 e. The van der Waals surface area contributed by atoms with Gasteiger partial charge in [-0.1, -0.05) is 18.2 Å². The number of benzene rings is 1. The van der Waals surface area contributed by atoms with Crippen molar-refractivity contribution < 1.29 is 4.39 Å². The molecule has 1 saturated heterocycles. The van der Waals surface area contributed by atoms with Crippen molar-refractivity contribution >= 4 is 5.95 Å². The molecule has 1 aromatic carbocycles. The highest BCUT2D eigenvalue weighted by atomic mass is 19.1. The summed E-state index contributed by atoms with van der Waals surface area (Å²) >= 11 is 0. The van der Waals surface area contributed by atoms with Gasteiger partial charge in [0.05, 0.1) is 0 Å². The maximum absolute atomic E-state index is 13.7. The Hall–Kier alpha value is -2.01. The van der Waals surface area contributed by atoms with E-state index in [9.17, 15) is 4.39 Å². The molecule has 0 radical (unpaired) electrons. The Balaban J connectivity index is 1.80. The summed E-state index contributed by atoms with van der Waals surface area (Å²) in [6.07, 6.45) is 5.27. The zero-order chi connectivity index (χ0) is 13.9. The first-order valence-corrected chi connectivity index (χ1v) is 6.81. The molecule has 1 aliphatic heterocycles. The second-order valence-electron chi connectivity index (χ2n) is 5.08. The van der Waals surface area contributed by atoms with Crippen LogP contribution in [0.3, 0.4) is 0 Å². The summed E-state index contributed by atoms with van der Waals surface area (Å²) in [6, 6.07) is 6.93. The third kappa shape index (κ3) is 2.63. The van der Waals surface area contributed by atoms with E-state index in [-0.39, 0.29) is 11.9 Å². The van der Waals surface area contributed by atoms with Crippen LogP contribution in [0.5, 0.6) is 0 Å². The highest BCUT2D eigenvalue weighted by molar-refractivity contribution is 5.62. The van der Waals surface area contributed by atoms with Gasteiger partial charge in [-0.3, -0.25) is 0 Å². The lowest BCUT2D eigenvalue weighted by molar-refractivity contribution is 0.495. The number of hydrogen-bond acceptors (Lipinski definition) is 4. The van der Waals surface area contributed by atoms with Gasteiger partial charge in [-0.15, -0.1) is 0 Å². The minimum atomic E-state index is -0.257. The van der Waals surface area contributed by atoms with Crippen LogP contribution in [0.4, 0.5) is 10.3 Å². The standard InChI is InChI=1S/C15H17FN4/c16-14-4-2-1-3-13(14)11-9-18-15(19-10-11)20-7-5-12(17)6-8-20/h1-4,9-10,12H,5-8,17H2. The fourth-order valence-corrected chi connectivity index (χ4v) is 2.42. The van der Waals surface area contributed by atoms with Crippen molar-refractivity contribution in [3.63, 3.8) is 0 Å². The van der Waals surface area contributed by atoms with E-state index in [4.69, 9.17) is 5.73 Å². The molecule has 0 saturated carbocycles. The fourth-order valence-electron chi connectivity index (χ4n) is 2.42. The molecule has 0 unspecified atom stereocenters. The average Bonchev–Trinajstić information content (AvgIpc) is 2.49. The van der Waals surface area contributed by atoms with Crippen LogP contribution >= 0.6 is 0 Å². The lowest BCUT2D eigenvalue weighted by Crippen LogP contribution is -2.40. The number of rotatable bonds is 2. The summed E-state index contributed by atoms with van der Waals surface area (Å²) in [5.74, 6) is 0.435. The molecule has 5 heteroatoms. The van der Waals surface area contributed by atoms with E-state index < -0.39 is 0 Å². The molecule has 20 heavy (non-hydrogen) atoms. The zero-order valence-electron chi connectivity index (χ0n) is 11.2. The SMILES string of the molecule is NC1CCN(c2ncc(-c3ccccc3F)cn2)CC1. The lowest BCUT2D eigenvalue weighted by Gasteiger charge is -2.30. The molecule has 1 aliphatic rings. The number of piperidine rings is 1. The highest BCUT2D eigenvalue weighted by Gasteiger charge is 2.18. The summed E-state index contributed by atoms with van der Waals surface area (Å²) in [4.78, 5) is 10.8. The van der Waals surface area contributed by atoms with Crippen LogP contribution in [0.2, 0.25) is 0 Å². The van der Waals surface area contributed by atoms with Crippen LogP contribution in [-0.2, 0) is 0 Å². The molecule has 104 valence electrons. The van der Waals surface area contributed by atoms with Gasteiger partial charge >= 0.3 is 0 Å². The molecule has 0 atom stereocenters. The Morgan fingerprint density at radius 2 is 1.75 bits per heavy atom. The Morgan fingerprint density at radius 1 is 1.10 bits per heavy atom. The third-order valence-corrected chi connectivity index (χ3v) is 3.65. The van der Waals surface area contributed by atoms with Gasteiger partial charge in [0, 0.05) is 42.7 Å². The highest BCUT2D eigenvalue weighted by Crippen LogP contribution is 2.22. The summed E-state index contributed by atoms with van der Waals surface area (Å²) in [6.45, 7) is 1.75. The molecule has 1 aromatic heterocycles. The van der Waals surface area contributed by atoms with Crippen LogP contribution in [0.25, 0.3) is 11.1 Å². The first-order chi connectivity index (χ1) is 9.74. The van der Waals surface area contributed by atoms with E-state index in [2.05, 4.69) is 14.9 Å². The molecule has 2 aromatic rings. The third-order valence-electron chi connectivity index (χ3n) is 3.65. The fraction of sp³-hybridized carbons (Fsp3) is 0.333. The second-order valence-corrected chi connectivity index (χ2v) is 5.08. The molecular weight excluding hydrogens is 255 g/mol. The number of nitrogens with two attached hydrogens (primary N) is 1. The predicted molar refractivity (Wildman–Crippen MR) is 76.8 cm³/mol. The monoisotopic (exact) mass is 272 g/mol. The summed E-state index contributed by atoms with van der Waals surface area (Å²) in [5.41, 5.74) is 7.11. The topological polar surface area (TPSA) is 55.0 Å². The minimum Gasteiger partial charge on any atom is -0.341 e. The Morgan fingerprint density at radius 3 is 2.40 bits per heavy atom. The number of nitrogens with zero attached hydrogens (tertiary/aromatic N) is 3. The van der Waals surface area contributed by atoms with Gasteiger partial charge in [-0.25, -0.2) is 14.4 Å². The van der Waals surface area contributed by atoms with Gasteiger partial charge < -0.3 is 10.6 Å². The molecule has 0 spiro atoms. The Bertz CT molecular complexity index is 577. The van der Waals surface area contributed by atoms with E-state index in [0.29, 0.717) is 17.1 Å². The van der Waals surface area contributed by atoms with Gasteiger partial charge in [0.15, 0.2) is 0 Å². The Kier molecular flexibility index (Phi) is 3.60. The van der Waals surface area contributed by atoms with Crippen LogP contribution in [0.15, 0.2) is 36.7 Å². The zero-order valence-corrected chi connectivity index (χ0v) is 11.2. The maximum atomic E-state index is 13.7. The largest absolute Gasteiger partial charge is 0.341 e. The van der Waals surface area contributed by atoms with Crippen LogP contribution in [-0.4, -0.2) is 29.1 Å². The number of halogens is 1. The second kappa shape index (κ2) is 5.54. The number of aromatic nitrogens is 2. The quantitative estimate of drug-likeness (QED) is 0.910. The van der Waals surface area contributed by atoms with E-state index in [1.54, 1.807) is 30.6 Å². The molecule has 2 N–H and O–H groups in total. The van der Waals surface area contributed by atoms with E-state index in [0.717, 1.165) is 25.9 Å². The predicted octanol–water partition coefficient (Wildman–Crippen LogP) is 2.21. The van der Waals surface area contributed by atoms with Crippen molar-refractivity contribution in [2.45, 2.75) is 18.9 Å². The van der Waals surface area contributed by atoms with Gasteiger partial charge in [-0.2, -0.15) is 0 Å². The normalized spacial score (nSPS) is 16.4. The van der Waals surface area contributed by atoms with E-state index >= 15 is 0 Å². The van der Waals surface area contributed by atoms with Crippen molar-refractivity contribution in [2.24, 2.45) is 5.73 Å². The maximum Gasteiger partial charge on any atom is 0.225 e. The molecule has 0 aliphatic carbocycles. The van der Waals surface area contributed by atoms with Crippen molar-refractivity contribution in [1.29, 1.82) is 0 Å². The first-order valence-electron chi connectivity index (χ1n) is 6.81. The summed E-state index contributed by atoms with van der Waals surface area (Å²) in [7, 11) is 0. The van der Waals surface area contributed by atoms with E-state index in [1.165, 1.54) is 6.07 Å². The molecule has 2 heterocycles. The summed E-state index contributed by atoms with van der Waals surface area (Å²) < 4.78 is 13.7. The number of hydrogen-bond donors (Lipinski definition) is 1.